The molecule has 0 aliphatic rings. The highest BCUT2D eigenvalue weighted by molar-refractivity contribution is 5.86. The monoisotopic (exact) mass is 655 g/mol. The first kappa shape index (κ1) is 45.5. The van der Waals surface area contributed by atoms with Crippen LogP contribution in [0, 0.1) is 0 Å². The van der Waals surface area contributed by atoms with Crippen LogP contribution in [0.2, 0.25) is 0 Å². The minimum absolute atomic E-state index is 0.214. The van der Waals surface area contributed by atoms with Gasteiger partial charge in [0.15, 0.2) is 5.78 Å². The van der Waals surface area contributed by atoms with E-state index >= 15 is 0 Å². The third kappa shape index (κ3) is 30.8. The summed E-state index contributed by atoms with van der Waals surface area (Å²) in [6.07, 6.45) is 35.6. The van der Waals surface area contributed by atoms with E-state index < -0.39 is 30.2 Å². The second kappa shape index (κ2) is 35.8. The molecular weight excluding hydrogens is 572 g/mol. The molecule has 4 atom stereocenters. The Labute approximate surface area is 287 Å². The van der Waals surface area contributed by atoms with Gasteiger partial charge in [-0.05, 0) is 12.8 Å². The maximum atomic E-state index is 12.4. The Bertz CT molecular complexity index is 612. The van der Waals surface area contributed by atoms with E-state index in [1.54, 1.807) is 0 Å². The highest BCUT2D eigenvalue weighted by atomic mass is 16.3. The largest absolute Gasteiger partial charge is 0.390 e. The lowest BCUT2D eigenvalue weighted by Gasteiger charge is -2.21. The van der Waals surface area contributed by atoms with Gasteiger partial charge in [0.2, 0.25) is 0 Å². The maximum absolute atomic E-state index is 12.4. The number of aliphatic hydroxyl groups excluding tert-OH is 4. The van der Waals surface area contributed by atoms with Gasteiger partial charge in [0.05, 0.1) is 12.2 Å². The molecule has 0 rings (SSSR count). The molecule has 0 aromatic heterocycles. The molecule has 0 aromatic carbocycles. The van der Waals surface area contributed by atoms with Crippen molar-refractivity contribution in [3.8, 4) is 0 Å². The Morgan fingerprint density at radius 1 is 0.348 bits per heavy atom. The second-order valence-corrected chi connectivity index (χ2v) is 14.6. The Balaban J connectivity index is 3.58. The molecular formula is C41H82O5. The normalized spacial score (nSPS) is 14.4. The maximum Gasteiger partial charge on any atom is 0.189 e. The van der Waals surface area contributed by atoms with E-state index in [1.165, 1.54) is 161 Å². The Morgan fingerprint density at radius 2 is 0.609 bits per heavy atom. The van der Waals surface area contributed by atoms with Crippen LogP contribution in [0.1, 0.15) is 232 Å². The minimum Gasteiger partial charge on any atom is -0.390 e. The number of carbonyl (C=O) groups is 1. The summed E-state index contributed by atoms with van der Waals surface area (Å²) >= 11 is 0. The zero-order chi connectivity index (χ0) is 33.9. The number of hydrogen-bond acceptors (Lipinski definition) is 5. The number of carbonyl (C=O) groups excluding carboxylic acids is 1. The fourth-order valence-corrected chi connectivity index (χ4v) is 6.67. The van der Waals surface area contributed by atoms with E-state index in [1.807, 2.05) is 0 Å². The molecule has 0 heterocycles. The lowest BCUT2D eigenvalue weighted by atomic mass is 9.95. The Hall–Kier alpha value is -0.490. The Kier molecular flexibility index (Phi) is 35.4. The standard InChI is InChI=1S/C41H82O5/c1-3-5-7-9-11-13-15-16-17-18-19-20-21-22-23-25-27-29-31-33-35-38(43)41(46)40(45)36-39(44)37(42)34-32-30-28-26-24-14-12-10-8-6-4-2/h37-40,42-45H,3-36H2,1-2H3/t37?,38-,39?,40?/m1/s1. The summed E-state index contributed by atoms with van der Waals surface area (Å²) in [4.78, 5) is 12.4. The summed E-state index contributed by atoms with van der Waals surface area (Å²) in [5.74, 6) is -0.626. The number of hydrogen-bond donors (Lipinski definition) is 4. The molecule has 0 aliphatic carbocycles. The van der Waals surface area contributed by atoms with E-state index in [4.69, 9.17) is 0 Å². The van der Waals surface area contributed by atoms with Crippen molar-refractivity contribution in [1.29, 1.82) is 0 Å². The average Bonchev–Trinajstić information content (AvgIpc) is 3.05. The predicted octanol–water partition coefficient (Wildman–Crippen LogP) is 11.3. The number of rotatable bonds is 38. The molecule has 3 unspecified atom stereocenters. The zero-order valence-electron chi connectivity index (χ0n) is 31.0. The van der Waals surface area contributed by atoms with Gasteiger partial charge in [-0.25, -0.2) is 0 Å². The third-order valence-electron chi connectivity index (χ3n) is 10.0. The van der Waals surface area contributed by atoms with Gasteiger partial charge in [0.1, 0.15) is 12.2 Å². The van der Waals surface area contributed by atoms with E-state index in [0.717, 1.165) is 38.5 Å². The molecule has 46 heavy (non-hydrogen) atoms. The van der Waals surface area contributed by atoms with Crippen LogP contribution in [0.4, 0.5) is 0 Å². The fraction of sp³-hybridized carbons (Fsp3) is 0.976. The van der Waals surface area contributed by atoms with Crippen molar-refractivity contribution in [2.75, 3.05) is 0 Å². The van der Waals surface area contributed by atoms with Crippen molar-refractivity contribution in [3.63, 3.8) is 0 Å². The van der Waals surface area contributed by atoms with Crippen molar-refractivity contribution >= 4 is 5.78 Å². The highest BCUT2D eigenvalue weighted by Crippen LogP contribution is 2.18. The SMILES string of the molecule is CCCCCCCCCCCCCCCCCCCCCC[C@@H](O)C(=O)C(O)CC(O)C(O)CCCCCCCCCCCCC. The summed E-state index contributed by atoms with van der Waals surface area (Å²) < 4.78 is 0. The number of unbranched alkanes of at least 4 members (excludes halogenated alkanes) is 29. The van der Waals surface area contributed by atoms with Crippen LogP contribution in [0.25, 0.3) is 0 Å². The summed E-state index contributed by atoms with van der Waals surface area (Å²) in [5, 5.41) is 41.1. The molecule has 276 valence electrons. The number of Topliss-reactive ketones (excluding diaryl/α,β-unsaturated/α-hetero) is 1. The molecule has 0 saturated carbocycles. The first-order valence-electron chi connectivity index (χ1n) is 20.7. The molecule has 0 aliphatic heterocycles. The van der Waals surface area contributed by atoms with Crippen molar-refractivity contribution < 1.29 is 25.2 Å². The summed E-state index contributed by atoms with van der Waals surface area (Å²) in [7, 11) is 0. The predicted molar refractivity (Wildman–Crippen MR) is 197 cm³/mol. The van der Waals surface area contributed by atoms with Crippen molar-refractivity contribution in [2.45, 2.75) is 257 Å². The first-order valence-corrected chi connectivity index (χ1v) is 20.7. The molecule has 0 spiro atoms. The van der Waals surface area contributed by atoms with Gasteiger partial charge in [0.25, 0.3) is 0 Å². The fourth-order valence-electron chi connectivity index (χ4n) is 6.67. The molecule has 5 nitrogen and oxygen atoms in total. The van der Waals surface area contributed by atoms with Crippen LogP contribution in [-0.2, 0) is 4.79 Å². The lowest BCUT2D eigenvalue weighted by molar-refractivity contribution is -0.138. The summed E-state index contributed by atoms with van der Waals surface area (Å²) in [5.41, 5.74) is 0. The minimum atomic E-state index is -1.43. The van der Waals surface area contributed by atoms with Gasteiger partial charge in [-0.3, -0.25) is 4.79 Å². The molecule has 5 heteroatoms. The first-order chi connectivity index (χ1) is 22.4. The van der Waals surface area contributed by atoms with Gasteiger partial charge < -0.3 is 20.4 Å². The summed E-state index contributed by atoms with van der Waals surface area (Å²) in [6, 6.07) is 0. The van der Waals surface area contributed by atoms with Gasteiger partial charge in [-0.15, -0.1) is 0 Å². The van der Waals surface area contributed by atoms with E-state index in [0.29, 0.717) is 12.8 Å². The zero-order valence-corrected chi connectivity index (χ0v) is 31.0. The smallest absolute Gasteiger partial charge is 0.189 e. The quantitative estimate of drug-likeness (QED) is 0.0497. The number of ketones is 1. The molecule has 0 bridgehead atoms. The van der Waals surface area contributed by atoms with Crippen LogP contribution in [-0.4, -0.2) is 50.6 Å². The summed E-state index contributed by atoms with van der Waals surface area (Å²) in [6.45, 7) is 4.52. The van der Waals surface area contributed by atoms with E-state index in [-0.39, 0.29) is 6.42 Å². The van der Waals surface area contributed by atoms with Crippen molar-refractivity contribution in [2.24, 2.45) is 0 Å². The molecule has 4 N–H and O–H groups in total. The molecule has 0 fully saturated rings. The van der Waals surface area contributed by atoms with Crippen LogP contribution in [0.3, 0.4) is 0 Å². The second-order valence-electron chi connectivity index (χ2n) is 14.6. The molecule has 0 saturated heterocycles. The van der Waals surface area contributed by atoms with Gasteiger partial charge in [-0.2, -0.15) is 0 Å². The molecule has 0 amide bonds. The van der Waals surface area contributed by atoms with Crippen LogP contribution < -0.4 is 0 Å². The average molecular weight is 655 g/mol. The Morgan fingerprint density at radius 3 is 0.913 bits per heavy atom. The van der Waals surface area contributed by atoms with Crippen LogP contribution in [0.5, 0.6) is 0 Å². The highest BCUT2D eigenvalue weighted by Gasteiger charge is 2.28. The van der Waals surface area contributed by atoms with Crippen LogP contribution >= 0.6 is 0 Å². The van der Waals surface area contributed by atoms with Gasteiger partial charge >= 0.3 is 0 Å². The van der Waals surface area contributed by atoms with E-state index in [9.17, 15) is 25.2 Å². The van der Waals surface area contributed by atoms with Crippen LogP contribution in [0.15, 0.2) is 0 Å². The molecule has 0 aromatic rings. The molecule has 0 radical (unpaired) electrons. The topological polar surface area (TPSA) is 98.0 Å². The number of aliphatic hydroxyl groups is 4. The third-order valence-corrected chi connectivity index (χ3v) is 10.0. The van der Waals surface area contributed by atoms with Crippen molar-refractivity contribution in [1.82, 2.24) is 0 Å². The lowest BCUT2D eigenvalue weighted by Crippen LogP contribution is -2.38. The van der Waals surface area contributed by atoms with Crippen molar-refractivity contribution in [3.05, 3.63) is 0 Å². The van der Waals surface area contributed by atoms with Gasteiger partial charge in [0, 0.05) is 6.42 Å². The van der Waals surface area contributed by atoms with Gasteiger partial charge in [-0.1, -0.05) is 213 Å². The van der Waals surface area contributed by atoms with E-state index in [2.05, 4.69) is 13.8 Å².